The van der Waals surface area contributed by atoms with Crippen molar-refractivity contribution in [2.75, 3.05) is 0 Å². The smallest absolute Gasteiger partial charge is 0.189 e. The minimum Gasteiger partial charge on any atom is -0.507 e. The molecule has 0 bridgehead atoms. The fraction of sp³-hybridized carbons (Fsp3) is 0. The van der Waals surface area contributed by atoms with Gasteiger partial charge in [-0.15, -0.1) is 0 Å². The van der Waals surface area contributed by atoms with E-state index >= 15 is 0 Å². The van der Waals surface area contributed by atoms with Gasteiger partial charge in [0.1, 0.15) is 5.75 Å². The molecule has 0 aliphatic carbocycles. The number of allylic oxidation sites excluding steroid dienone is 1. The predicted molar refractivity (Wildman–Crippen MR) is 80.6 cm³/mol. The van der Waals surface area contributed by atoms with Gasteiger partial charge in [0.2, 0.25) is 0 Å². The second kappa shape index (κ2) is 6.04. The highest BCUT2D eigenvalue weighted by atomic mass is 79.9. The van der Waals surface area contributed by atoms with Gasteiger partial charge in [-0.3, -0.25) is 4.79 Å². The zero-order chi connectivity index (χ0) is 13.8. The zero-order valence-electron chi connectivity index (χ0n) is 9.81. The van der Waals surface area contributed by atoms with Crippen molar-refractivity contribution in [2.45, 2.75) is 0 Å². The van der Waals surface area contributed by atoms with Crippen molar-refractivity contribution >= 4 is 39.4 Å². The van der Waals surface area contributed by atoms with Crippen LogP contribution in [0, 0.1) is 0 Å². The van der Waals surface area contributed by atoms with Crippen LogP contribution in [0.1, 0.15) is 15.9 Å². The standard InChI is InChI=1S/C15H10BrClO2/c16-11-4-8-15(19)13(9-11)14(18)7-3-10-1-5-12(17)6-2-10/h1-9,19H. The normalized spacial score (nSPS) is 10.8. The van der Waals surface area contributed by atoms with Crippen molar-refractivity contribution in [2.24, 2.45) is 0 Å². The predicted octanol–water partition coefficient (Wildman–Crippen LogP) is 4.70. The van der Waals surface area contributed by atoms with Crippen LogP contribution in [-0.4, -0.2) is 10.9 Å². The second-order valence-electron chi connectivity index (χ2n) is 3.91. The van der Waals surface area contributed by atoms with Crippen LogP contribution < -0.4 is 0 Å². The number of ketones is 1. The fourth-order valence-electron chi connectivity index (χ4n) is 1.54. The molecule has 4 heteroatoms. The maximum Gasteiger partial charge on any atom is 0.189 e. The third-order valence-electron chi connectivity index (χ3n) is 2.52. The van der Waals surface area contributed by atoms with E-state index in [2.05, 4.69) is 15.9 Å². The molecule has 0 fully saturated rings. The van der Waals surface area contributed by atoms with Gasteiger partial charge in [-0.05, 0) is 42.0 Å². The van der Waals surface area contributed by atoms with Crippen molar-refractivity contribution in [3.63, 3.8) is 0 Å². The molecule has 0 aromatic heterocycles. The third kappa shape index (κ3) is 3.69. The quantitative estimate of drug-likeness (QED) is 0.651. The number of phenolic OH excluding ortho intramolecular Hbond substituents is 1. The van der Waals surface area contributed by atoms with Crippen LogP contribution in [0.5, 0.6) is 5.75 Å². The molecule has 0 heterocycles. The van der Waals surface area contributed by atoms with Gasteiger partial charge in [0.15, 0.2) is 5.78 Å². The summed E-state index contributed by atoms with van der Waals surface area (Å²) in [6, 6.07) is 11.9. The molecule has 0 aliphatic heterocycles. The van der Waals surface area contributed by atoms with Gasteiger partial charge in [-0.1, -0.05) is 45.7 Å². The molecule has 2 nitrogen and oxygen atoms in total. The number of carbonyl (C=O) groups excluding carboxylic acids is 1. The summed E-state index contributed by atoms with van der Waals surface area (Å²) in [4.78, 5) is 12.0. The van der Waals surface area contributed by atoms with E-state index in [1.54, 1.807) is 30.3 Å². The summed E-state index contributed by atoms with van der Waals surface area (Å²) in [6.45, 7) is 0. The molecule has 19 heavy (non-hydrogen) atoms. The van der Waals surface area contributed by atoms with Gasteiger partial charge in [0.05, 0.1) is 5.56 Å². The summed E-state index contributed by atoms with van der Waals surface area (Å²) in [5.74, 6) is -0.289. The third-order valence-corrected chi connectivity index (χ3v) is 3.27. The lowest BCUT2D eigenvalue weighted by atomic mass is 10.1. The van der Waals surface area contributed by atoms with E-state index in [9.17, 15) is 9.90 Å². The van der Waals surface area contributed by atoms with Crippen LogP contribution in [0.15, 0.2) is 53.0 Å². The molecule has 0 aliphatic rings. The van der Waals surface area contributed by atoms with Crippen LogP contribution in [0.4, 0.5) is 0 Å². The van der Waals surface area contributed by atoms with Crippen molar-refractivity contribution in [3.8, 4) is 5.75 Å². The van der Waals surface area contributed by atoms with E-state index in [4.69, 9.17) is 11.6 Å². The summed E-state index contributed by atoms with van der Waals surface area (Å²) in [5, 5.41) is 10.3. The Hall–Kier alpha value is -1.58. The molecule has 0 atom stereocenters. The van der Waals surface area contributed by atoms with E-state index in [1.807, 2.05) is 12.1 Å². The molecule has 2 aromatic rings. The molecule has 0 saturated carbocycles. The largest absolute Gasteiger partial charge is 0.507 e. The van der Waals surface area contributed by atoms with E-state index < -0.39 is 0 Å². The average Bonchev–Trinajstić information content (AvgIpc) is 2.40. The lowest BCUT2D eigenvalue weighted by Gasteiger charge is -2.01. The maximum absolute atomic E-state index is 12.0. The first-order valence-corrected chi connectivity index (χ1v) is 6.70. The highest BCUT2D eigenvalue weighted by Gasteiger charge is 2.08. The van der Waals surface area contributed by atoms with Gasteiger partial charge in [0.25, 0.3) is 0 Å². The Morgan fingerprint density at radius 2 is 1.84 bits per heavy atom. The first-order valence-electron chi connectivity index (χ1n) is 5.53. The Bertz CT molecular complexity index is 633. The highest BCUT2D eigenvalue weighted by molar-refractivity contribution is 9.10. The number of aromatic hydroxyl groups is 1. The monoisotopic (exact) mass is 336 g/mol. The van der Waals surface area contributed by atoms with E-state index in [0.717, 1.165) is 10.0 Å². The molecule has 0 unspecified atom stereocenters. The van der Waals surface area contributed by atoms with E-state index in [-0.39, 0.29) is 17.1 Å². The number of hydrogen-bond acceptors (Lipinski definition) is 2. The van der Waals surface area contributed by atoms with Crippen LogP contribution in [-0.2, 0) is 0 Å². The molecule has 96 valence electrons. The summed E-state index contributed by atoms with van der Waals surface area (Å²) in [6.07, 6.45) is 3.10. The Balaban J connectivity index is 2.21. The summed E-state index contributed by atoms with van der Waals surface area (Å²) in [7, 11) is 0. The van der Waals surface area contributed by atoms with Crippen LogP contribution in [0.25, 0.3) is 6.08 Å². The first kappa shape index (κ1) is 13.8. The van der Waals surface area contributed by atoms with Gasteiger partial charge < -0.3 is 5.11 Å². The topological polar surface area (TPSA) is 37.3 Å². The van der Waals surface area contributed by atoms with Crippen molar-refractivity contribution in [3.05, 3.63) is 69.2 Å². The minimum absolute atomic E-state index is 0.0334. The number of benzene rings is 2. The number of phenols is 1. The molecular formula is C15H10BrClO2. The molecule has 2 aromatic carbocycles. The number of hydrogen-bond donors (Lipinski definition) is 1. The Labute approximate surface area is 124 Å². The molecule has 1 N–H and O–H groups in total. The van der Waals surface area contributed by atoms with Gasteiger partial charge >= 0.3 is 0 Å². The lowest BCUT2D eigenvalue weighted by Crippen LogP contribution is -1.94. The number of halogens is 2. The Morgan fingerprint density at radius 3 is 2.53 bits per heavy atom. The summed E-state index contributed by atoms with van der Waals surface area (Å²) >= 11 is 9.05. The molecule has 0 radical (unpaired) electrons. The highest BCUT2D eigenvalue weighted by Crippen LogP contribution is 2.23. The Kier molecular flexibility index (Phi) is 4.40. The van der Waals surface area contributed by atoms with E-state index in [1.165, 1.54) is 12.1 Å². The SMILES string of the molecule is O=C(C=Cc1ccc(Cl)cc1)c1cc(Br)ccc1O. The average molecular weight is 338 g/mol. The molecule has 0 spiro atoms. The molecule has 0 amide bonds. The molecule has 2 rings (SSSR count). The van der Waals surface area contributed by atoms with Crippen molar-refractivity contribution in [1.29, 1.82) is 0 Å². The van der Waals surface area contributed by atoms with Gasteiger partial charge in [0, 0.05) is 9.50 Å². The van der Waals surface area contributed by atoms with Gasteiger partial charge in [-0.25, -0.2) is 0 Å². The van der Waals surface area contributed by atoms with Crippen LogP contribution in [0.2, 0.25) is 5.02 Å². The van der Waals surface area contributed by atoms with Gasteiger partial charge in [-0.2, -0.15) is 0 Å². The fourth-order valence-corrected chi connectivity index (χ4v) is 2.03. The summed E-state index contributed by atoms with van der Waals surface area (Å²) in [5.41, 5.74) is 1.13. The van der Waals surface area contributed by atoms with Crippen molar-refractivity contribution in [1.82, 2.24) is 0 Å². The maximum atomic E-state index is 12.0. The Morgan fingerprint density at radius 1 is 1.16 bits per heavy atom. The summed E-state index contributed by atoms with van der Waals surface area (Å²) < 4.78 is 0.744. The molecular weight excluding hydrogens is 328 g/mol. The first-order chi connectivity index (χ1) is 9.06. The van der Waals surface area contributed by atoms with Crippen LogP contribution in [0.3, 0.4) is 0 Å². The molecule has 0 saturated heterocycles. The minimum atomic E-state index is -0.256. The number of rotatable bonds is 3. The second-order valence-corrected chi connectivity index (χ2v) is 5.26. The number of carbonyl (C=O) groups is 1. The van der Waals surface area contributed by atoms with Crippen molar-refractivity contribution < 1.29 is 9.90 Å². The lowest BCUT2D eigenvalue weighted by molar-refractivity contribution is 0.104. The zero-order valence-corrected chi connectivity index (χ0v) is 12.1. The van der Waals surface area contributed by atoms with Crippen LogP contribution >= 0.6 is 27.5 Å². The van der Waals surface area contributed by atoms with E-state index in [0.29, 0.717) is 5.02 Å².